The van der Waals surface area contributed by atoms with Crippen LogP contribution in [0.3, 0.4) is 0 Å². The van der Waals surface area contributed by atoms with Crippen LogP contribution in [0, 0.1) is 6.92 Å². The fraction of sp³-hybridized carbons (Fsp3) is 0.556. The highest BCUT2D eigenvalue weighted by Gasteiger charge is 2.19. The van der Waals surface area contributed by atoms with E-state index in [2.05, 4.69) is 10.4 Å². The fourth-order valence-electron chi connectivity index (χ4n) is 1.13. The Kier molecular flexibility index (Phi) is 2.95. The second-order valence-corrected chi connectivity index (χ2v) is 4.75. The summed E-state index contributed by atoms with van der Waals surface area (Å²) < 4.78 is 1.08. The van der Waals surface area contributed by atoms with Crippen LogP contribution in [0.4, 0.5) is 10.6 Å². The Hall–Kier alpha value is -1.23. The van der Waals surface area contributed by atoms with Crippen LogP contribution in [0.25, 0.3) is 0 Å². The van der Waals surface area contributed by atoms with Crippen molar-refractivity contribution in [1.29, 1.82) is 0 Å². The van der Waals surface area contributed by atoms with Gasteiger partial charge in [0.15, 0.2) is 5.82 Å². The molecule has 0 saturated heterocycles. The molecule has 3 N–H and O–H groups in total. The zero-order valence-electron chi connectivity index (χ0n) is 9.26. The second-order valence-electron chi connectivity index (χ2n) is 4.37. The molecule has 5 nitrogen and oxygen atoms in total. The zero-order chi connectivity index (χ0) is 11.8. The van der Waals surface area contributed by atoms with E-state index in [1.165, 1.54) is 0 Å². The zero-order valence-corrected chi connectivity index (χ0v) is 10.0. The third-order valence-electron chi connectivity index (χ3n) is 1.75. The van der Waals surface area contributed by atoms with Crippen molar-refractivity contribution in [1.82, 2.24) is 9.78 Å². The fourth-order valence-corrected chi connectivity index (χ4v) is 1.30. The number of nitrogens with one attached hydrogen (secondary N) is 1. The summed E-state index contributed by atoms with van der Waals surface area (Å²) in [5.41, 5.74) is 5.50. The Balaban J connectivity index is 3.11. The molecule has 6 heteroatoms. The lowest BCUT2D eigenvalue weighted by atomic mass is 10.1. The molecule has 0 atom stereocenters. The van der Waals surface area contributed by atoms with Crippen LogP contribution >= 0.6 is 11.6 Å². The molecule has 0 aromatic carbocycles. The first-order valence-electron chi connectivity index (χ1n) is 4.55. The van der Waals surface area contributed by atoms with Gasteiger partial charge >= 0.3 is 6.03 Å². The second kappa shape index (κ2) is 3.73. The predicted molar refractivity (Wildman–Crippen MR) is 60.3 cm³/mol. The summed E-state index contributed by atoms with van der Waals surface area (Å²) in [4.78, 5) is 11.0. The summed E-state index contributed by atoms with van der Waals surface area (Å²) >= 11 is 6.01. The lowest BCUT2D eigenvalue weighted by molar-refractivity contribution is 0.247. The van der Waals surface area contributed by atoms with Gasteiger partial charge in [-0.25, -0.2) is 4.79 Å². The highest BCUT2D eigenvalue weighted by atomic mass is 35.5. The lowest BCUT2D eigenvalue weighted by Gasteiger charge is -2.20. The van der Waals surface area contributed by atoms with E-state index < -0.39 is 6.03 Å². The molecule has 0 radical (unpaired) electrons. The monoisotopic (exact) mass is 230 g/mol. The van der Waals surface area contributed by atoms with Crippen LogP contribution in [-0.2, 0) is 0 Å². The lowest BCUT2D eigenvalue weighted by Crippen LogP contribution is -2.27. The van der Waals surface area contributed by atoms with Crippen molar-refractivity contribution >= 4 is 23.4 Å². The van der Waals surface area contributed by atoms with E-state index in [-0.39, 0.29) is 5.54 Å². The maximum absolute atomic E-state index is 11.0. The number of aromatic nitrogens is 2. The summed E-state index contributed by atoms with van der Waals surface area (Å²) in [5, 5.41) is 7.51. The van der Waals surface area contributed by atoms with Crippen LogP contribution in [0.1, 0.15) is 26.5 Å². The van der Waals surface area contributed by atoms with Crippen molar-refractivity contribution in [2.24, 2.45) is 5.73 Å². The molecule has 1 rings (SSSR count). The van der Waals surface area contributed by atoms with E-state index in [0.29, 0.717) is 16.5 Å². The average molecular weight is 231 g/mol. The van der Waals surface area contributed by atoms with E-state index in [4.69, 9.17) is 17.3 Å². The predicted octanol–water partition coefficient (Wildman–Crippen LogP) is 1.98. The van der Waals surface area contributed by atoms with Crippen molar-refractivity contribution in [2.75, 3.05) is 5.32 Å². The third-order valence-corrected chi connectivity index (χ3v) is 2.20. The maximum atomic E-state index is 11.0. The molecule has 0 fully saturated rings. The quantitative estimate of drug-likeness (QED) is 0.775. The minimum Gasteiger partial charge on any atom is -0.363 e. The number of primary amides is 1. The molecule has 15 heavy (non-hydrogen) atoms. The third kappa shape index (κ3) is 2.62. The van der Waals surface area contributed by atoms with Gasteiger partial charge in [0.25, 0.3) is 0 Å². The number of carbonyl (C=O) groups is 1. The van der Waals surface area contributed by atoms with Crippen LogP contribution in [0.2, 0.25) is 5.02 Å². The Morgan fingerprint density at radius 2 is 2.07 bits per heavy atom. The molecule has 1 amide bonds. The molecule has 0 spiro atoms. The number of anilines is 1. The first-order chi connectivity index (χ1) is 6.72. The SMILES string of the molecule is Cc1c(Cl)c(NC(C)(C)C)nn1C(N)=O. The van der Waals surface area contributed by atoms with Gasteiger partial charge in [0.2, 0.25) is 0 Å². The van der Waals surface area contributed by atoms with E-state index >= 15 is 0 Å². The number of hydrogen-bond acceptors (Lipinski definition) is 3. The molecular formula is C9H15ClN4O. The van der Waals surface area contributed by atoms with Gasteiger partial charge in [-0.15, -0.1) is 5.10 Å². The summed E-state index contributed by atoms with van der Waals surface area (Å²) in [7, 11) is 0. The van der Waals surface area contributed by atoms with Crippen molar-refractivity contribution in [3.63, 3.8) is 0 Å². The maximum Gasteiger partial charge on any atom is 0.339 e. The first-order valence-corrected chi connectivity index (χ1v) is 4.93. The molecular weight excluding hydrogens is 216 g/mol. The molecule has 1 heterocycles. The van der Waals surface area contributed by atoms with Crippen molar-refractivity contribution in [2.45, 2.75) is 33.2 Å². The first kappa shape index (κ1) is 11.8. The summed E-state index contributed by atoms with van der Waals surface area (Å²) in [5.74, 6) is 0.473. The van der Waals surface area contributed by atoms with Crippen molar-refractivity contribution < 1.29 is 4.79 Å². The smallest absolute Gasteiger partial charge is 0.339 e. The highest BCUT2D eigenvalue weighted by Crippen LogP contribution is 2.26. The van der Waals surface area contributed by atoms with Crippen molar-refractivity contribution in [3.8, 4) is 0 Å². The molecule has 0 saturated carbocycles. The van der Waals surface area contributed by atoms with Crippen LogP contribution in [0.5, 0.6) is 0 Å². The van der Waals surface area contributed by atoms with E-state index in [0.717, 1.165) is 4.68 Å². The minimum atomic E-state index is -0.642. The Bertz CT molecular complexity index is 392. The van der Waals surface area contributed by atoms with Crippen LogP contribution in [-0.4, -0.2) is 21.4 Å². The van der Waals surface area contributed by atoms with E-state index in [1.807, 2.05) is 20.8 Å². The number of hydrogen-bond donors (Lipinski definition) is 2. The Morgan fingerprint density at radius 1 is 1.53 bits per heavy atom. The van der Waals surface area contributed by atoms with Gasteiger partial charge in [-0.1, -0.05) is 11.6 Å². The minimum absolute atomic E-state index is 0.174. The number of nitrogens with two attached hydrogens (primary N) is 1. The Morgan fingerprint density at radius 3 is 2.40 bits per heavy atom. The summed E-state index contributed by atoms with van der Waals surface area (Å²) in [6.45, 7) is 7.61. The normalized spacial score (nSPS) is 11.5. The van der Waals surface area contributed by atoms with Crippen LogP contribution in [0.15, 0.2) is 0 Å². The molecule has 0 bridgehead atoms. The van der Waals surface area contributed by atoms with Gasteiger partial charge in [0.05, 0.1) is 5.69 Å². The average Bonchev–Trinajstić information content (AvgIpc) is 2.30. The molecule has 1 aromatic rings. The topological polar surface area (TPSA) is 72.9 Å². The van der Waals surface area contributed by atoms with Gasteiger partial charge in [0.1, 0.15) is 5.02 Å². The van der Waals surface area contributed by atoms with Gasteiger partial charge < -0.3 is 11.1 Å². The molecule has 0 unspecified atom stereocenters. The molecule has 1 aromatic heterocycles. The number of carbonyl (C=O) groups excluding carboxylic acids is 1. The van der Waals surface area contributed by atoms with Gasteiger partial charge in [-0.2, -0.15) is 4.68 Å². The molecule has 0 aliphatic rings. The van der Waals surface area contributed by atoms with E-state index in [1.54, 1.807) is 6.92 Å². The standard InChI is InChI=1S/C9H15ClN4O/c1-5-6(10)7(12-9(2,3)4)13-14(5)8(11)15/h1-4H3,(H2,11,15)(H,12,13). The summed E-state index contributed by atoms with van der Waals surface area (Å²) in [6, 6.07) is -0.642. The van der Waals surface area contributed by atoms with Gasteiger partial charge in [-0.05, 0) is 27.7 Å². The largest absolute Gasteiger partial charge is 0.363 e. The molecule has 84 valence electrons. The number of rotatable bonds is 1. The van der Waals surface area contributed by atoms with Crippen LogP contribution < -0.4 is 11.1 Å². The van der Waals surface area contributed by atoms with E-state index in [9.17, 15) is 4.79 Å². The number of amides is 1. The number of halogens is 1. The number of nitrogens with zero attached hydrogens (tertiary/aromatic N) is 2. The van der Waals surface area contributed by atoms with Crippen molar-refractivity contribution in [3.05, 3.63) is 10.7 Å². The summed E-state index contributed by atoms with van der Waals surface area (Å²) in [6.07, 6.45) is 0. The Labute approximate surface area is 93.6 Å². The molecule has 0 aliphatic heterocycles. The van der Waals surface area contributed by atoms with Gasteiger partial charge in [-0.3, -0.25) is 0 Å². The highest BCUT2D eigenvalue weighted by molar-refractivity contribution is 6.33. The van der Waals surface area contributed by atoms with Gasteiger partial charge in [0, 0.05) is 5.54 Å². The molecule has 0 aliphatic carbocycles.